The number of rotatable bonds is 39. The zero-order valence-corrected chi connectivity index (χ0v) is 44.2. The first kappa shape index (κ1) is 60.7. The van der Waals surface area contributed by atoms with Gasteiger partial charge >= 0.3 is 17.9 Å². The summed E-state index contributed by atoms with van der Waals surface area (Å²) in [6, 6.07) is 24.0. The molecule has 0 saturated carbocycles. The van der Waals surface area contributed by atoms with E-state index in [0.717, 1.165) is 44.9 Å². The van der Waals surface area contributed by atoms with Crippen molar-refractivity contribution < 1.29 is 53.1 Å². The minimum absolute atomic E-state index is 0.182. The van der Waals surface area contributed by atoms with Gasteiger partial charge in [0.1, 0.15) is 18.3 Å². The summed E-state index contributed by atoms with van der Waals surface area (Å²) in [5, 5.41) is 25.1. The highest BCUT2D eigenvalue weighted by Crippen LogP contribution is 2.29. The average molecular weight is 1010 g/mol. The average Bonchev–Trinajstić information content (AvgIpc) is 3.41. The molecule has 3 N–H and O–H groups in total. The molecule has 12 heteroatoms. The summed E-state index contributed by atoms with van der Waals surface area (Å²) in [4.78, 5) is 54.9. The van der Waals surface area contributed by atoms with Crippen molar-refractivity contribution in [2.45, 2.75) is 224 Å². The fraction of sp³-hybridized carbons (Fsp3) is 0.607. The number of amides is 1. The molecule has 0 bridgehead atoms. The third-order valence-electron chi connectivity index (χ3n) is 13.5. The molecule has 0 radical (unpaired) electrons. The second-order valence-electron chi connectivity index (χ2n) is 19.7. The fourth-order valence-corrected chi connectivity index (χ4v) is 9.14. The molecular formula is C61H89NO11. The Balaban J connectivity index is 1.52. The van der Waals surface area contributed by atoms with Gasteiger partial charge in [0.25, 0.3) is 0 Å². The van der Waals surface area contributed by atoms with Gasteiger partial charge in [-0.25, -0.2) is 14.4 Å². The van der Waals surface area contributed by atoms with Crippen molar-refractivity contribution in [3.8, 4) is 0 Å². The topological polar surface area (TPSA) is 167 Å². The Hall–Kier alpha value is -4.88. The SMILES string of the molecule is CCCCCCCCCCCCC/C=C/[C@@H](OC(=O)c1ccccc1)[C@H](CO[C@@H]1O[C@H](CO)[C@H](O)[C@H](OC(=O)c2ccccc2)[C@H]1OC(=O)c1ccccc1)NC(=O)CCCCCCCCCCCCCCC. The summed E-state index contributed by atoms with van der Waals surface area (Å²) >= 11 is 0. The first-order chi connectivity index (χ1) is 35.7. The number of carbonyl (C=O) groups is 4. The maximum absolute atomic E-state index is 13.9. The Bertz CT molecular complexity index is 1950. The molecule has 0 spiro atoms. The number of allylic oxidation sites excluding steroid dienone is 1. The lowest BCUT2D eigenvalue weighted by Crippen LogP contribution is -2.62. The summed E-state index contributed by atoms with van der Waals surface area (Å²) in [6.07, 6.45) is 24.7. The molecule has 3 aromatic carbocycles. The van der Waals surface area contributed by atoms with Gasteiger partial charge in [0, 0.05) is 6.42 Å². The summed E-state index contributed by atoms with van der Waals surface area (Å²) in [5.74, 6) is -2.47. The van der Waals surface area contributed by atoms with Gasteiger partial charge < -0.3 is 39.2 Å². The molecule has 1 aliphatic heterocycles. The van der Waals surface area contributed by atoms with Crippen molar-refractivity contribution in [1.29, 1.82) is 0 Å². The van der Waals surface area contributed by atoms with Gasteiger partial charge in [-0.1, -0.05) is 216 Å². The van der Waals surface area contributed by atoms with Crippen LogP contribution in [0.5, 0.6) is 0 Å². The number of hydrogen-bond acceptors (Lipinski definition) is 11. The van der Waals surface area contributed by atoms with E-state index in [1.54, 1.807) is 97.1 Å². The van der Waals surface area contributed by atoms with Crippen molar-refractivity contribution in [3.05, 3.63) is 120 Å². The van der Waals surface area contributed by atoms with Crippen molar-refractivity contribution in [2.75, 3.05) is 13.2 Å². The molecule has 4 rings (SSSR count). The third-order valence-corrected chi connectivity index (χ3v) is 13.5. The van der Waals surface area contributed by atoms with E-state index in [9.17, 15) is 29.4 Å². The van der Waals surface area contributed by atoms with Crippen molar-refractivity contribution >= 4 is 23.8 Å². The Morgan fingerprint density at radius 3 is 1.42 bits per heavy atom. The van der Waals surface area contributed by atoms with Crippen LogP contribution in [-0.2, 0) is 28.5 Å². The number of aliphatic hydroxyl groups excluding tert-OH is 2. The van der Waals surface area contributed by atoms with E-state index in [2.05, 4.69) is 19.2 Å². The second kappa shape index (κ2) is 37.8. The molecule has 1 amide bonds. The first-order valence-corrected chi connectivity index (χ1v) is 28.1. The summed E-state index contributed by atoms with van der Waals surface area (Å²) in [5.41, 5.74) is 0.694. The number of carbonyl (C=O) groups excluding carboxylic acids is 4. The van der Waals surface area contributed by atoms with Crippen LogP contribution in [-0.4, -0.2) is 90.1 Å². The zero-order valence-electron chi connectivity index (χ0n) is 44.2. The molecule has 0 unspecified atom stereocenters. The normalized spacial score (nSPS) is 18.5. The Kier molecular flexibility index (Phi) is 31.4. The predicted octanol–water partition coefficient (Wildman–Crippen LogP) is 13.0. The Labute approximate surface area is 437 Å². The fourth-order valence-electron chi connectivity index (χ4n) is 9.14. The van der Waals surface area contributed by atoms with E-state index in [0.29, 0.717) is 12.0 Å². The van der Waals surface area contributed by atoms with Crippen LogP contribution in [0.4, 0.5) is 0 Å². The van der Waals surface area contributed by atoms with E-state index in [1.165, 1.54) is 109 Å². The van der Waals surface area contributed by atoms with E-state index >= 15 is 0 Å². The molecular weight excluding hydrogens is 923 g/mol. The lowest BCUT2D eigenvalue weighted by Gasteiger charge is -2.43. The number of hydrogen-bond donors (Lipinski definition) is 3. The summed E-state index contributed by atoms with van der Waals surface area (Å²) < 4.78 is 30.6. The summed E-state index contributed by atoms with van der Waals surface area (Å²) in [6.45, 7) is 3.45. The molecule has 3 aromatic rings. The number of benzene rings is 3. The van der Waals surface area contributed by atoms with Gasteiger partial charge in [0.05, 0.1) is 35.9 Å². The molecule has 0 aromatic heterocycles. The van der Waals surface area contributed by atoms with Crippen LogP contribution in [0.3, 0.4) is 0 Å². The number of unbranched alkanes of at least 4 members (excludes halogenated alkanes) is 23. The minimum Gasteiger partial charge on any atom is -0.452 e. The second-order valence-corrected chi connectivity index (χ2v) is 19.7. The largest absolute Gasteiger partial charge is 0.452 e. The van der Waals surface area contributed by atoms with Crippen molar-refractivity contribution in [2.24, 2.45) is 0 Å². The van der Waals surface area contributed by atoms with Crippen LogP contribution < -0.4 is 5.32 Å². The van der Waals surface area contributed by atoms with Crippen molar-refractivity contribution in [1.82, 2.24) is 5.32 Å². The highest BCUT2D eigenvalue weighted by atomic mass is 16.7. The van der Waals surface area contributed by atoms with Gasteiger partial charge in [-0.15, -0.1) is 0 Å². The zero-order chi connectivity index (χ0) is 52.1. The molecule has 12 nitrogen and oxygen atoms in total. The molecule has 73 heavy (non-hydrogen) atoms. The monoisotopic (exact) mass is 1010 g/mol. The van der Waals surface area contributed by atoms with Crippen LogP contribution in [0.1, 0.15) is 212 Å². The molecule has 7 atom stereocenters. The molecule has 1 aliphatic rings. The molecule has 0 aliphatic carbocycles. The molecule has 404 valence electrons. The minimum atomic E-state index is -1.64. The summed E-state index contributed by atoms with van der Waals surface area (Å²) in [7, 11) is 0. The number of ether oxygens (including phenoxy) is 5. The van der Waals surface area contributed by atoms with Crippen LogP contribution in [0.15, 0.2) is 103 Å². The third kappa shape index (κ3) is 24.3. The van der Waals surface area contributed by atoms with Crippen LogP contribution >= 0.6 is 0 Å². The molecule has 1 heterocycles. The number of aliphatic hydroxyl groups is 2. The Morgan fingerprint density at radius 2 is 0.973 bits per heavy atom. The van der Waals surface area contributed by atoms with E-state index in [-0.39, 0.29) is 30.1 Å². The smallest absolute Gasteiger partial charge is 0.338 e. The Morgan fingerprint density at radius 1 is 0.562 bits per heavy atom. The van der Waals surface area contributed by atoms with Gasteiger partial charge in [0.15, 0.2) is 18.5 Å². The maximum atomic E-state index is 13.9. The quantitative estimate of drug-likeness (QED) is 0.0215. The van der Waals surface area contributed by atoms with Gasteiger partial charge in [-0.05, 0) is 61.7 Å². The lowest BCUT2D eigenvalue weighted by molar-refractivity contribution is -0.300. The van der Waals surface area contributed by atoms with Crippen LogP contribution in [0.2, 0.25) is 0 Å². The standard InChI is InChI=1S/C61H89NO11/c1-3-5-7-9-11-13-15-17-19-21-23-25-36-44-52(70-58(66)48-38-30-27-31-39-48)51(62-54(64)45-37-26-24-22-20-18-16-14-12-10-8-6-4-2)47-69-61-57(73-60(68)50-42-34-29-35-43-50)56(55(65)53(46-63)71-61)72-59(67)49-40-32-28-33-41-49/h27-36,38-44,51-53,55-57,61,63,65H,3-26,37,45-47H2,1-2H3,(H,62,64)/b44-36+/t51-,52+,53+,55-,56-,57+,61+/m0/s1. The highest BCUT2D eigenvalue weighted by Gasteiger charge is 2.51. The van der Waals surface area contributed by atoms with E-state index in [1.807, 2.05) is 6.08 Å². The molecule has 1 fully saturated rings. The van der Waals surface area contributed by atoms with Crippen LogP contribution in [0.25, 0.3) is 0 Å². The van der Waals surface area contributed by atoms with Gasteiger partial charge in [-0.3, -0.25) is 4.79 Å². The highest BCUT2D eigenvalue weighted by molar-refractivity contribution is 5.91. The molecule has 1 saturated heterocycles. The number of nitrogens with one attached hydrogen (secondary N) is 1. The number of esters is 3. The van der Waals surface area contributed by atoms with Crippen LogP contribution in [0, 0.1) is 0 Å². The van der Waals surface area contributed by atoms with E-state index < -0.39 is 67.4 Å². The maximum Gasteiger partial charge on any atom is 0.338 e. The van der Waals surface area contributed by atoms with E-state index in [4.69, 9.17) is 23.7 Å². The predicted molar refractivity (Wildman–Crippen MR) is 287 cm³/mol. The lowest BCUT2D eigenvalue weighted by atomic mass is 9.98. The van der Waals surface area contributed by atoms with Gasteiger partial charge in [0.2, 0.25) is 5.91 Å². The first-order valence-electron chi connectivity index (χ1n) is 28.1. The van der Waals surface area contributed by atoms with Gasteiger partial charge in [-0.2, -0.15) is 0 Å². The van der Waals surface area contributed by atoms with Crippen molar-refractivity contribution in [3.63, 3.8) is 0 Å².